The zero-order valence-electron chi connectivity index (χ0n) is 17.2. The summed E-state index contributed by atoms with van der Waals surface area (Å²) in [5, 5.41) is 14.5. The maximum atomic E-state index is 10.2. The van der Waals surface area contributed by atoms with Crippen molar-refractivity contribution in [1.82, 2.24) is 14.7 Å². The first kappa shape index (κ1) is 18.9. The summed E-state index contributed by atoms with van der Waals surface area (Å²) < 4.78 is 1.88. The van der Waals surface area contributed by atoms with E-state index in [1.165, 1.54) is 33.4 Å². The van der Waals surface area contributed by atoms with E-state index in [0.717, 1.165) is 25.2 Å². The Morgan fingerprint density at radius 3 is 2.46 bits per heavy atom. The number of benzene rings is 2. The van der Waals surface area contributed by atoms with Crippen LogP contribution in [-0.2, 0) is 19.5 Å². The van der Waals surface area contributed by atoms with E-state index in [-0.39, 0.29) is 0 Å². The van der Waals surface area contributed by atoms with Gasteiger partial charge in [-0.3, -0.25) is 4.90 Å². The number of fused-ring (bicyclic) bond motifs is 1. The van der Waals surface area contributed by atoms with Gasteiger partial charge in [-0.05, 0) is 85.7 Å². The summed E-state index contributed by atoms with van der Waals surface area (Å²) in [6, 6.07) is 13.0. The highest BCUT2D eigenvalue weighted by Crippen LogP contribution is 2.32. The van der Waals surface area contributed by atoms with Gasteiger partial charge in [0, 0.05) is 32.0 Å². The molecular weight excluding hydrogens is 346 g/mol. The normalized spacial score (nSPS) is 14.5. The Bertz CT molecular complexity index is 967. The first-order valence-corrected chi connectivity index (χ1v) is 9.95. The van der Waals surface area contributed by atoms with E-state index in [9.17, 15) is 5.11 Å². The van der Waals surface area contributed by atoms with E-state index in [0.29, 0.717) is 6.54 Å². The number of nitrogens with zero attached hydrogens (tertiary/aromatic N) is 3. The lowest BCUT2D eigenvalue weighted by molar-refractivity contribution is 0.0350. The molecule has 0 bridgehead atoms. The topological polar surface area (TPSA) is 41.3 Å². The van der Waals surface area contributed by atoms with Crippen molar-refractivity contribution in [3.8, 4) is 5.69 Å². The number of rotatable bonds is 5. The van der Waals surface area contributed by atoms with Gasteiger partial charge in [0.15, 0.2) is 0 Å². The number of aromatic nitrogens is 2. The third-order valence-electron chi connectivity index (χ3n) is 5.72. The van der Waals surface area contributed by atoms with Crippen LogP contribution in [0.1, 0.15) is 47.2 Å². The summed E-state index contributed by atoms with van der Waals surface area (Å²) in [7, 11) is 0. The maximum Gasteiger partial charge on any atom is 0.0718 e. The minimum Gasteiger partial charge on any atom is -0.389 e. The Morgan fingerprint density at radius 2 is 1.82 bits per heavy atom. The van der Waals surface area contributed by atoms with Crippen LogP contribution in [0.3, 0.4) is 0 Å². The highest BCUT2D eigenvalue weighted by molar-refractivity contribution is 5.48. The van der Waals surface area contributed by atoms with Gasteiger partial charge in [-0.1, -0.05) is 18.2 Å². The van der Waals surface area contributed by atoms with Gasteiger partial charge in [-0.25, -0.2) is 4.68 Å². The van der Waals surface area contributed by atoms with E-state index in [2.05, 4.69) is 54.2 Å². The molecule has 1 aliphatic rings. The Kier molecular flexibility index (Phi) is 4.86. The quantitative estimate of drug-likeness (QED) is 0.728. The van der Waals surface area contributed by atoms with E-state index in [1.54, 1.807) is 6.20 Å². The van der Waals surface area contributed by atoms with Gasteiger partial charge >= 0.3 is 0 Å². The largest absolute Gasteiger partial charge is 0.389 e. The molecule has 0 saturated heterocycles. The van der Waals surface area contributed by atoms with Gasteiger partial charge in [0.25, 0.3) is 0 Å². The van der Waals surface area contributed by atoms with Crippen molar-refractivity contribution in [2.75, 3.05) is 6.54 Å². The molecule has 3 aromatic rings. The van der Waals surface area contributed by atoms with Gasteiger partial charge in [0.05, 0.1) is 11.3 Å². The fraction of sp³-hybridized carbons (Fsp3) is 0.375. The molecule has 146 valence electrons. The molecule has 0 unspecified atom stereocenters. The maximum absolute atomic E-state index is 10.2. The highest BCUT2D eigenvalue weighted by atomic mass is 16.3. The SMILES string of the molecule is Cc1c(Cc2ccc(-n3cccn3)cc2)cc2c(c1C)CN(CC(C)(C)O)C2. The lowest BCUT2D eigenvalue weighted by atomic mass is 9.91. The molecule has 0 radical (unpaired) electrons. The van der Waals surface area contributed by atoms with Crippen LogP contribution in [0, 0.1) is 13.8 Å². The van der Waals surface area contributed by atoms with Gasteiger partial charge in [-0.2, -0.15) is 5.10 Å². The molecule has 0 spiro atoms. The zero-order chi connectivity index (χ0) is 19.9. The van der Waals surface area contributed by atoms with Crippen LogP contribution >= 0.6 is 0 Å². The molecule has 0 saturated carbocycles. The van der Waals surface area contributed by atoms with Crippen LogP contribution in [0.5, 0.6) is 0 Å². The van der Waals surface area contributed by atoms with Crippen molar-refractivity contribution in [1.29, 1.82) is 0 Å². The number of β-amino-alcohol motifs (C(OH)–C–C–N with tert-alkyl or cyclic N) is 1. The molecule has 4 heteroatoms. The predicted octanol–water partition coefficient (Wildman–Crippen LogP) is 4.17. The Hall–Kier alpha value is -2.43. The van der Waals surface area contributed by atoms with Crippen LogP contribution in [0.4, 0.5) is 0 Å². The van der Waals surface area contributed by atoms with Crippen molar-refractivity contribution in [2.45, 2.75) is 52.8 Å². The standard InChI is InChI=1S/C24H29N3O/c1-17-18(2)23-15-26(16-24(3,4)28)14-21(23)13-20(17)12-19-6-8-22(9-7-19)27-11-5-10-25-27/h5-11,13,28H,12,14-16H2,1-4H3. The van der Waals surface area contributed by atoms with E-state index >= 15 is 0 Å². The van der Waals surface area contributed by atoms with Crippen LogP contribution in [0.25, 0.3) is 5.69 Å². The highest BCUT2D eigenvalue weighted by Gasteiger charge is 2.26. The average Bonchev–Trinajstić information content (AvgIpc) is 3.28. The molecule has 0 atom stereocenters. The van der Waals surface area contributed by atoms with Crippen molar-refractivity contribution >= 4 is 0 Å². The Balaban J connectivity index is 1.55. The van der Waals surface area contributed by atoms with Crippen molar-refractivity contribution in [2.24, 2.45) is 0 Å². The summed E-state index contributed by atoms with van der Waals surface area (Å²) in [6.45, 7) is 10.8. The molecule has 0 amide bonds. The minimum atomic E-state index is -0.663. The molecule has 0 aliphatic carbocycles. The first-order valence-electron chi connectivity index (χ1n) is 9.95. The van der Waals surface area contributed by atoms with E-state index in [1.807, 2.05) is 30.8 Å². The monoisotopic (exact) mass is 375 g/mol. The smallest absolute Gasteiger partial charge is 0.0718 e. The summed E-state index contributed by atoms with van der Waals surface area (Å²) >= 11 is 0. The molecule has 1 N–H and O–H groups in total. The third kappa shape index (κ3) is 3.89. The van der Waals surface area contributed by atoms with E-state index < -0.39 is 5.60 Å². The Labute approximate surface area is 167 Å². The molecule has 1 aliphatic heterocycles. The molecule has 28 heavy (non-hydrogen) atoms. The lowest BCUT2D eigenvalue weighted by Gasteiger charge is -2.24. The van der Waals surface area contributed by atoms with Crippen LogP contribution < -0.4 is 0 Å². The first-order chi connectivity index (χ1) is 13.3. The zero-order valence-corrected chi connectivity index (χ0v) is 17.2. The summed E-state index contributed by atoms with van der Waals surface area (Å²) in [4.78, 5) is 2.35. The van der Waals surface area contributed by atoms with Gasteiger partial charge in [-0.15, -0.1) is 0 Å². The molecular formula is C24H29N3O. The molecule has 2 heterocycles. The summed E-state index contributed by atoms with van der Waals surface area (Å²) in [6.07, 6.45) is 4.69. The van der Waals surface area contributed by atoms with Crippen molar-refractivity contribution in [3.63, 3.8) is 0 Å². The second-order valence-electron chi connectivity index (χ2n) is 8.67. The van der Waals surface area contributed by atoms with Gasteiger partial charge in [0.1, 0.15) is 0 Å². The van der Waals surface area contributed by atoms with Crippen LogP contribution in [0.15, 0.2) is 48.8 Å². The lowest BCUT2D eigenvalue weighted by Crippen LogP contribution is -2.35. The fourth-order valence-electron chi connectivity index (χ4n) is 4.25. The average molecular weight is 376 g/mol. The van der Waals surface area contributed by atoms with Crippen LogP contribution in [-0.4, -0.2) is 31.9 Å². The van der Waals surface area contributed by atoms with Crippen molar-refractivity contribution in [3.05, 3.63) is 82.2 Å². The fourth-order valence-corrected chi connectivity index (χ4v) is 4.25. The summed E-state index contributed by atoms with van der Waals surface area (Å²) in [5.41, 5.74) is 8.77. The van der Waals surface area contributed by atoms with Gasteiger partial charge < -0.3 is 5.11 Å². The summed E-state index contributed by atoms with van der Waals surface area (Å²) in [5.74, 6) is 0. The van der Waals surface area contributed by atoms with Crippen molar-refractivity contribution < 1.29 is 5.11 Å². The van der Waals surface area contributed by atoms with Crippen LogP contribution in [0.2, 0.25) is 0 Å². The third-order valence-corrected chi connectivity index (χ3v) is 5.72. The number of hydrogen-bond donors (Lipinski definition) is 1. The molecule has 0 fully saturated rings. The molecule has 2 aromatic carbocycles. The molecule has 1 aromatic heterocycles. The second-order valence-corrected chi connectivity index (χ2v) is 8.67. The van der Waals surface area contributed by atoms with Gasteiger partial charge in [0.2, 0.25) is 0 Å². The predicted molar refractivity (Wildman–Crippen MR) is 113 cm³/mol. The number of hydrogen-bond acceptors (Lipinski definition) is 3. The molecule has 4 nitrogen and oxygen atoms in total. The number of aliphatic hydroxyl groups is 1. The molecule has 4 rings (SSSR count). The Morgan fingerprint density at radius 1 is 1.07 bits per heavy atom. The second kappa shape index (κ2) is 7.19. The minimum absolute atomic E-state index is 0.663. The van der Waals surface area contributed by atoms with E-state index in [4.69, 9.17) is 0 Å².